The number of carbonyl (C=O) groups excluding carboxylic acids is 1. The van der Waals surface area contributed by atoms with Gasteiger partial charge in [0, 0.05) is 31.9 Å². The third kappa shape index (κ3) is 4.13. The lowest BCUT2D eigenvalue weighted by atomic mass is 9.98. The zero-order valence-corrected chi connectivity index (χ0v) is 19.1. The molecule has 4 rings (SSSR count). The molecule has 0 bridgehead atoms. The first-order valence-corrected chi connectivity index (χ1v) is 11.8. The fourth-order valence-corrected chi connectivity index (χ4v) is 5.58. The number of nitrogens with one attached hydrogen (secondary N) is 1. The molecular formula is C21H22ClN3O6S. The zero-order chi connectivity index (χ0) is 23.0. The Balaban J connectivity index is 1.52. The molecule has 1 aliphatic heterocycles. The van der Waals surface area contributed by atoms with Gasteiger partial charge < -0.3 is 14.5 Å². The molecule has 1 fully saturated rings. The summed E-state index contributed by atoms with van der Waals surface area (Å²) in [5, 5.41) is 3.16. The minimum Gasteiger partial charge on any atom is -0.495 e. The van der Waals surface area contributed by atoms with Crippen LogP contribution in [0.4, 0.5) is 5.69 Å². The van der Waals surface area contributed by atoms with Crippen molar-refractivity contribution in [2.75, 3.05) is 25.5 Å². The number of fused-ring (bicyclic) bond motifs is 1. The Kier molecular flexibility index (Phi) is 6.02. The van der Waals surface area contributed by atoms with E-state index in [-0.39, 0.29) is 22.9 Å². The highest BCUT2D eigenvalue weighted by Gasteiger charge is 2.33. The van der Waals surface area contributed by atoms with Crippen molar-refractivity contribution in [3.05, 3.63) is 52.0 Å². The standard InChI is InChI=1S/C21H22ClN3O6S/c1-24-17-7-6-15(11-19(17)31-21(24)27)32(28,29)25-9-3-4-13(12-25)20(26)23-14-5-8-18(30-2)16(22)10-14/h5-8,10-11,13H,3-4,9,12H2,1-2H3,(H,23,26)/t13-/m0/s1. The van der Waals surface area contributed by atoms with Crippen LogP contribution in [0.3, 0.4) is 0 Å². The van der Waals surface area contributed by atoms with Gasteiger partial charge in [-0.05, 0) is 43.2 Å². The van der Waals surface area contributed by atoms with Crippen LogP contribution in [-0.4, -0.2) is 43.4 Å². The summed E-state index contributed by atoms with van der Waals surface area (Å²) in [6.07, 6.45) is 1.11. The van der Waals surface area contributed by atoms with Crippen molar-refractivity contribution in [1.29, 1.82) is 0 Å². The summed E-state index contributed by atoms with van der Waals surface area (Å²) >= 11 is 6.11. The highest BCUT2D eigenvalue weighted by atomic mass is 35.5. The van der Waals surface area contributed by atoms with Crippen molar-refractivity contribution in [3.63, 3.8) is 0 Å². The van der Waals surface area contributed by atoms with E-state index in [9.17, 15) is 18.0 Å². The summed E-state index contributed by atoms with van der Waals surface area (Å²) in [7, 11) is -0.820. The van der Waals surface area contributed by atoms with E-state index in [1.807, 2.05) is 0 Å². The summed E-state index contributed by atoms with van der Waals surface area (Å²) in [5.41, 5.74) is 1.20. The summed E-state index contributed by atoms with van der Waals surface area (Å²) in [6.45, 7) is 0.353. The van der Waals surface area contributed by atoms with Gasteiger partial charge in [-0.2, -0.15) is 4.31 Å². The number of ether oxygens (including phenoxy) is 1. The lowest BCUT2D eigenvalue weighted by molar-refractivity contribution is -0.120. The average molecular weight is 480 g/mol. The van der Waals surface area contributed by atoms with Crippen molar-refractivity contribution in [3.8, 4) is 5.75 Å². The first kappa shape index (κ1) is 22.4. The maximum Gasteiger partial charge on any atom is 0.419 e. The van der Waals surface area contributed by atoms with Crippen molar-refractivity contribution in [2.24, 2.45) is 13.0 Å². The number of anilines is 1. The molecule has 1 aromatic heterocycles. The van der Waals surface area contributed by atoms with Crippen LogP contribution in [0.2, 0.25) is 5.02 Å². The molecule has 1 amide bonds. The number of nitrogens with zero attached hydrogens (tertiary/aromatic N) is 2. The van der Waals surface area contributed by atoms with Crippen LogP contribution in [0, 0.1) is 5.92 Å². The van der Waals surface area contributed by atoms with Crippen LogP contribution in [0.1, 0.15) is 12.8 Å². The van der Waals surface area contributed by atoms with Gasteiger partial charge in [-0.3, -0.25) is 9.36 Å². The van der Waals surface area contributed by atoms with Gasteiger partial charge in [0.05, 0.1) is 28.5 Å². The Labute approximate surface area is 189 Å². The molecule has 1 saturated heterocycles. The zero-order valence-electron chi connectivity index (χ0n) is 17.5. The molecule has 32 heavy (non-hydrogen) atoms. The van der Waals surface area contributed by atoms with Crippen LogP contribution >= 0.6 is 11.6 Å². The summed E-state index contributed by atoms with van der Waals surface area (Å²) in [4.78, 5) is 24.5. The van der Waals surface area contributed by atoms with E-state index in [0.717, 1.165) is 0 Å². The Bertz CT molecular complexity index is 1350. The van der Waals surface area contributed by atoms with E-state index < -0.39 is 21.7 Å². The van der Waals surface area contributed by atoms with Gasteiger partial charge >= 0.3 is 5.76 Å². The molecule has 170 valence electrons. The number of benzene rings is 2. The Hall–Kier alpha value is -2.82. The van der Waals surface area contributed by atoms with E-state index in [2.05, 4.69) is 5.32 Å². The highest BCUT2D eigenvalue weighted by Crippen LogP contribution is 2.29. The molecule has 3 aromatic rings. The molecule has 9 nitrogen and oxygen atoms in total. The Morgan fingerprint density at radius 3 is 2.75 bits per heavy atom. The van der Waals surface area contributed by atoms with Crippen LogP contribution in [0.25, 0.3) is 11.1 Å². The minimum atomic E-state index is -3.87. The molecule has 0 spiro atoms. The summed E-state index contributed by atoms with van der Waals surface area (Å²) < 4.78 is 39.2. The fraction of sp³-hybridized carbons (Fsp3) is 0.333. The molecule has 1 aliphatic rings. The molecule has 0 radical (unpaired) electrons. The Morgan fingerprint density at radius 2 is 2.03 bits per heavy atom. The molecule has 2 heterocycles. The predicted molar refractivity (Wildman–Crippen MR) is 120 cm³/mol. The van der Waals surface area contributed by atoms with Gasteiger partial charge in [-0.25, -0.2) is 13.2 Å². The van der Waals surface area contributed by atoms with E-state index >= 15 is 0 Å². The van der Waals surface area contributed by atoms with Crippen LogP contribution in [0.15, 0.2) is 50.5 Å². The van der Waals surface area contributed by atoms with Gasteiger partial charge in [-0.15, -0.1) is 0 Å². The number of oxazole rings is 1. The molecule has 1 atom stereocenters. The number of hydrogen-bond acceptors (Lipinski definition) is 6. The first-order valence-electron chi connectivity index (χ1n) is 9.95. The largest absolute Gasteiger partial charge is 0.495 e. The molecule has 2 aromatic carbocycles. The smallest absolute Gasteiger partial charge is 0.419 e. The van der Waals surface area contributed by atoms with Gasteiger partial charge in [0.1, 0.15) is 5.75 Å². The first-order chi connectivity index (χ1) is 15.2. The van der Waals surface area contributed by atoms with Gasteiger partial charge in [-0.1, -0.05) is 11.6 Å². The fourth-order valence-electron chi connectivity index (χ4n) is 3.79. The second kappa shape index (κ2) is 8.61. The number of carbonyl (C=O) groups is 1. The number of hydrogen-bond donors (Lipinski definition) is 1. The van der Waals surface area contributed by atoms with E-state index in [4.69, 9.17) is 20.8 Å². The number of methoxy groups -OCH3 is 1. The van der Waals surface area contributed by atoms with Crippen LogP contribution < -0.4 is 15.8 Å². The third-order valence-corrected chi connectivity index (χ3v) is 7.73. The second-order valence-electron chi connectivity index (χ2n) is 7.60. The van der Waals surface area contributed by atoms with Crippen molar-refractivity contribution in [2.45, 2.75) is 17.7 Å². The minimum absolute atomic E-state index is 0.0161. The van der Waals surface area contributed by atoms with Crippen molar-refractivity contribution in [1.82, 2.24) is 8.87 Å². The van der Waals surface area contributed by atoms with Gasteiger partial charge in [0.25, 0.3) is 0 Å². The summed E-state index contributed by atoms with van der Waals surface area (Å²) in [5.74, 6) is -0.873. The monoisotopic (exact) mass is 479 g/mol. The summed E-state index contributed by atoms with van der Waals surface area (Å²) in [6, 6.07) is 9.22. The molecule has 0 unspecified atom stereocenters. The van der Waals surface area contributed by atoms with E-state index in [1.54, 1.807) is 25.2 Å². The quantitative estimate of drug-likeness (QED) is 0.602. The van der Waals surface area contributed by atoms with Crippen LogP contribution in [-0.2, 0) is 21.9 Å². The number of halogens is 1. The maximum atomic E-state index is 13.2. The molecule has 11 heteroatoms. The third-order valence-electron chi connectivity index (χ3n) is 5.58. The van der Waals surface area contributed by atoms with Crippen LogP contribution in [0.5, 0.6) is 5.75 Å². The van der Waals surface area contributed by atoms with Crippen molar-refractivity contribution >= 4 is 44.3 Å². The number of aromatic nitrogens is 1. The number of amides is 1. The normalized spacial score (nSPS) is 17.4. The number of rotatable bonds is 5. The van der Waals surface area contributed by atoms with E-state index in [1.165, 1.54) is 34.2 Å². The maximum absolute atomic E-state index is 13.2. The van der Waals surface area contributed by atoms with Gasteiger partial charge in [0.15, 0.2) is 5.58 Å². The predicted octanol–water partition coefficient (Wildman–Crippen LogP) is 2.83. The number of sulfonamides is 1. The average Bonchev–Trinajstić information content (AvgIpc) is 3.07. The number of aryl methyl sites for hydroxylation is 1. The second-order valence-corrected chi connectivity index (χ2v) is 9.94. The molecular weight excluding hydrogens is 458 g/mol. The SMILES string of the molecule is COc1ccc(NC(=O)[C@H]2CCCN(S(=O)(=O)c3ccc4c(c3)oc(=O)n4C)C2)cc1Cl. The highest BCUT2D eigenvalue weighted by molar-refractivity contribution is 7.89. The Morgan fingerprint density at radius 1 is 1.25 bits per heavy atom. The van der Waals surface area contributed by atoms with E-state index in [0.29, 0.717) is 41.4 Å². The molecule has 0 aliphatic carbocycles. The lowest BCUT2D eigenvalue weighted by Gasteiger charge is -2.31. The van der Waals surface area contributed by atoms with Gasteiger partial charge in [0.2, 0.25) is 15.9 Å². The molecule has 0 saturated carbocycles. The lowest BCUT2D eigenvalue weighted by Crippen LogP contribution is -2.43. The number of piperidine rings is 1. The van der Waals surface area contributed by atoms with Crippen molar-refractivity contribution < 1.29 is 22.4 Å². The topological polar surface area (TPSA) is 111 Å². The molecule has 1 N–H and O–H groups in total.